The van der Waals surface area contributed by atoms with Gasteiger partial charge in [0.05, 0.1) is 35.9 Å². The Kier molecular flexibility index (Phi) is 9.83. The maximum atomic E-state index is 13.0. The highest BCUT2D eigenvalue weighted by atomic mass is 79.9. The number of Topliss-reactive ketones (excluding diaryl/α,β-unsaturated/α-hetero) is 1. The molecule has 1 heterocycles. The van der Waals surface area contributed by atoms with Crippen LogP contribution in [0.3, 0.4) is 0 Å². The molecule has 1 aromatic carbocycles. The minimum Gasteiger partial charge on any atom is -0.495 e. The Morgan fingerprint density at radius 2 is 1.76 bits per heavy atom. The average Bonchev–Trinajstić information content (AvgIpc) is 3.07. The first-order chi connectivity index (χ1) is 15.7. The molecular weight excluding hydrogens is 578 g/mol. The third-order valence-electron chi connectivity index (χ3n) is 4.44. The number of ketones is 1. The Balaban J connectivity index is 2.51. The van der Waals surface area contributed by atoms with Crippen molar-refractivity contribution in [3.63, 3.8) is 0 Å². The number of nitriles is 1. The van der Waals surface area contributed by atoms with E-state index in [1.807, 2.05) is 6.07 Å². The van der Waals surface area contributed by atoms with Gasteiger partial charge >= 0.3 is 11.9 Å². The molecule has 2 aromatic rings. The smallest absolute Gasteiger partial charge is 0.348 e. The van der Waals surface area contributed by atoms with Gasteiger partial charge in [0.25, 0.3) is 0 Å². The molecule has 0 unspecified atom stereocenters. The summed E-state index contributed by atoms with van der Waals surface area (Å²) in [7, 11) is 1.48. The molecule has 0 aliphatic carbocycles. The van der Waals surface area contributed by atoms with Crippen molar-refractivity contribution in [3.8, 4) is 11.8 Å². The quantitative estimate of drug-likeness (QED) is 0.208. The second kappa shape index (κ2) is 12.1. The highest BCUT2D eigenvalue weighted by Gasteiger charge is 2.28. The molecule has 0 N–H and O–H groups in total. The van der Waals surface area contributed by atoms with Crippen LogP contribution in [-0.4, -0.2) is 38.0 Å². The molecule has 7 nitrogen and oxygen atoms in total. The van der Waals surface area contributed by atoms with Crippen LogP contribution in [0.15, 0.2) is 26.7 Å². The molecule has 0 bridgehead atoms. The van der Waals surface area contributed by atoms with Gasteiger partial charge in [-0.1, -0.05) is 15.9 Å². The molecule has 0 atom stereocenters. The van der Waals surface area contributed by atoms with E-state index in [-0.39, 0.29) is 35.6 Å². The number of esters is 2. The van der Waals surface area contributed by atoms with Crippen LogP contribution in [0.2, 0.25) is 0 Å². The summed E-state index contributed by atoms with van der Waals surface area (Å²) in [5.74, 6) is -1.27. The van der Waals surface area contributed by atoms with Gasteiger partial charge in [-0.15, -0.1) is 11.3 Å². The predicted molar refractivity (Wildman–Crippen MR) is 132 cm³/mol. The summed E-state index contributed by atoms with van der Waals surface area (Å²) in [6.07, 6.45) is 1.17. The van der Waals surface area contributed by atoms with E-state index in [2.05, 4.69) is 31.9 Å². The van der Waals surface area contributed by atoms with E-state index in [0.29, 0.717) is 26.2 Å². The third-order valence-corrected chi connectivity index (χ3v) is 6.76. The van der Waals surface area contributed by atoms with Crippen LogP contribution in [0.1, 0.15) is 49.9 Å². The number of hydrogen-bond donors (Lipinski definition) is 0. The zero-order chi connectivity index (χ0) is 24.7. The second-order valence-corrected chi connectivity index (χ2v) is 9.45. The largest absolute Gasteiger partial charge is 0.495 e. The lowest BCUT2D eigenvalue weighted by atomic mass is 10.0. The van der Waals surface area contributed by atoms with Crippen LogP contribution in [-0.2, 0) is 20.7 Å². The Morgan fingerprint density at radius 1 is 1.12 bits per heavy atom. The molecule has 0 saturated heterocycles. The van der Waals surface area contributed by atoms with E-state index in [4.69, 9.17) is 14.2 Å². The topological polar surface area (TPSA) is 103 Å². The molecular formula is C23H21Br2NO6S. The zero-order valence-electron chi connectivity index (χ0n) is 18.4. The van der Waals surface area contributed by atoms with E-state index in [1.54, 1.807) is 32.9 Å². The molecule has 0 spiro atoms. The molecule has 0 fully saturated rings. The number of carbonyl (C=O) groups is 3. The lowest BCUT2D eigenvalue weighted by molar-refractivity contribution is -0.114. The van der Waals surface area contributed by atoms with Crippen molar-refractivity contribution in [2.75, 3.05) is 20.3 Å². The van der Waals surface area contributed by atoms with Crippen molar-refractivity contribution in [1.29, 1.82) is 5.26 Å². The van der Waals surface area contributed by atoms with Gasteiger partial charge in [-0.25, -0.2) is 9.59 Å². The summed E-state index contributed by atoms with van der Waals surface area (Å²) < 4.78 is 16.9. The van der Waals surface area contributed by atoms with Gasteiger partial charge in [0.1, 0.15) is 16.7 Å². The van der Waals surface area contributed by atoms with Crippen molar-refractivity contribution in [1.82, 2.24) is 0 Å². The number of nitrogens with zero attached hydrogens (tertiary/aromatic N) is 1. The number of ether oxygens (including phenoxy) is 3. The molecule has 0 aliphatic rings. The van der Waals surface area contributed by atoms with E-state index < -0.39 is 17.7 Å². The number of benzene rings is 1. The Labute approximate surface area is 212 Å². The molecule has 0 aliphatic heterocycles. The molecule has 0 saturated carbocycles. The lowest BCUT2D eigenvalue weighted by Crippen LogP contribution is -2.12. The van der Waals surface area contributed by atoms with E-state index in [1.165, 1.54) is 13.2 Å². The standard InChI is InChI=1S/C23H21Br2NO6S/c1-5-31-22(28)19-12(3)21(23(29)32-6-2)33-18(19)10-17(27)14(11-26)7-13-8-15(24)9-16(25)20(13)30-4/h7-9H,5-6,10H2,1-4H3/b14-7+. The molecule has 2 rings (SSSR count). The van der Waals surface area contributed by atoms with Crippen LogP contribution in [0.4, 0.5) is 0 Å². The molecule has 0 radical (unpaired) electrons. The van der Waals surface area contributed by atoms with Crippen LogP contribution >= 0.6 is 43.2 Å². The van der Waals surface area contributed by atoms with Crippen molar-refractivity contribution < 1.29 is 28.6 Å². The zero-order valence-corrected chi connectivity index (χ0v) is 22.4. The number of thiophene rings is 1. The normalized spacial score (nSPS) is 11.0. The molecule has 0 amide bonds. The molecule has 174 valence electrons. The highest BCUT2D eigenvalue weighted by Crippen LogP contribution is 2.35. The summed E-state index contributed by atoms with van der Waals surface area (Å²) in [5, 5.41) is 9.65. The van der Waals surface area contributed by atoms with Crippen LogP contribution in [0.25, 0.3) is 6.08 Å². The number of rotatable bonds is 9. The fraction of sp³-hybridized carbons (Fsp3) is 0.304. The summed E-state index contributed by atoms with van der Waals surface area (Å²) >= 11 is 7.76. The van der Waals surface area contributed by atoms with Gasteiger partial charge in [-0.3, -0.25) is 4.79 Å². The van der Waals surface area contributed by atoms with Crippen molar-refractivity contribution in [2.24, 2.45) is 0 Å². The number of carbonyl (C=O) groups excluding carboxylic acids is 3. The summed E-state index contributed by atoms with van der Waals surface area (Å²) in [6.45, 7) is 5.25. The Morgan fingerprint density at radius 3 is 2.33 bits per heavy atom. The van der Waals surface area contributed by atoms with Crippen molar-refractivity contribution >= 4 is 67.0 Å². The van der Waals surface area contributed by atoms with Gasteiger partial charge in [0, 0.05) is 21.3 Å². The minimum atomic E-state index is -0.635. The fourth-order valence-corrected chi connectivity index (χ4v) is 5.64. The second-order valence-electron chi connectivity index (χ2n) is 6.58. The molecule has 33 heavy (non-hydrogen) atoms. The van der Waals surface area contributed by atoms with Gasteiger partial charge in [0.15, 0.2) is 5.78 Å². The molecule has 1 aromatic heterocycles. The first-order valence-electron chi connectivity index (χ1n) is 9.82. The van der Waals surface area contributed by atoms with Gasteiger partial charge in [-0.2, -0.15) is 5.26 Å². The fourth-order valence-electron chi connectivity index (χ4n) is 3.03. The van der Waals surface area contributed by atoms with Gasteiger partial charge in [0.2, 0.25) is 0 Å². The SMILES string of the molecule is CCOC(=O)c1sc(CC(=O)/C(C#N)=C/c2cc(Br)cc(Br)c2OC)c(C(=O)OCC)c1C. The summed E-state index contributed by atoms with van der Waals surface area (Å²) in [5.41, 5.74) is 0.929. The van der Waals surface area contributed by atoms with Gasteiger partial charge < -0.3 is 14.2 Å². The first-order valence-corrected chi connectivity index (χ1v) is 12.2. The summed E-state index contributed by atoms with van der Waals surface area (Å²) in [4.78, 5) is 38.5. The van der Waals surface area contributed by atoms with Gasteiger partial charge in [-0.05, 0) is 60.5 Å². The number of methoxy groups -OCH3 is 1. The van der Waals surface area contributed by atoms with Crippen molar-refractivity contribution in [2.45, 2.75) is 27.2 Å². The first kappa shape index (κ1) is 26.8. The number of allylic oxidation sites excluding steroid dienone is 1. The summed E-state index contributed by atoms with van der Waals surface area (Å²) in [6, 6.07) is 5.41. The van der Waals surface area contributed by atoms with Crippen LogP contribution < -0.4 is 4.74 Å². The monoisotopic (exact) mass is 597 g/mol. The minimum absolute atomic E-state index is 0.128. The van der Waals surface area contributed by atoms with Crippen LogP contribution in [0, 0.1) is 18.3 Å². The maximum Gasteiger partial charge on any atom is 0.348 e. The maximum absolute atomic E-state index is 13.0. The highest BCUT2D eigenvalue weighted by molar-refractivity contribution is 9.11. The van der Waals surface area contributed by atoms with E-state index in [0.717, 1.165) is 15.8 Å². The average molecular weight is 599 g/mol. The molecule has 10 heteroatoms. The third kappa shape index (κ3) is 6.31. The lowest BCUT2D eigenvalue weighted by Gasteiger charge is -2.09. The Bertz CT molecular complexity index is 1160. The number of halogens is 2. The van der Waals surface area contributed by atoms with E-state index in [9.17, 15) is 19.6 Å². The number of hydrogen-bond acceptors (Lipinski definition) is 8. The van der Waals surface area contributed by atoms with Crippen molar-refractivity contribution in [3.05, 3.63) is 53.1 Å². The van der Waals surface area contributed by atoms with Crippen LogP contribution in [0.5, 0.6) is 5.75 Å². The predicted octanol–water partition coefficient (Wildman–Crippen LogP) is 5.66. The van der Waals surface area contributed by atoms with E-state index >= 15 is 0 Å². The Hall–Kier alpha value is -2.48.